The van der Waals surface area contributed by atoms with Gasteiger partial charge in [-0.05, 0) is 30.9 Å². The highest BCUT2D eigenvalue weighted by Crippen LogP contribution is 2.22. The van der Waals surface area contributed by atoms with Crippen molar-refractivity contribution in [1.82, 2.24) is 14.7 Å². The molecule has 1 amide bonds. The second-order valence-corrected chi connectivity index (χ2v) is 6.99. The summed E-state index contributed by atoms with van der Waals surface area (Å²) in [5.74, 6) is 0.288. The Kier molecular flexibility index (Phi) is 5.19. The molecule has 2 aromatic heterocycles. The molecule has 0 spiro atoms. The van der Waals surface area contributed by atoms with Crippen LogP contribution >= 0.6 is 0 Å². The van der Waals surface area contributed by atoms with Crippen LogP contribution in [0.5, 0.6) is 0 Å². The summed E-state index contributed by atoms with van der Waals surface area (Å²) >= 11 is 0. The summed E-state index contributed by atoms with van der Waals surface area (Å²) in [4.78, 5) is 17.5. The van der Waals surface area contributed by atoms with E-state index < -0.39 is 0 Å². The van der Waals surface area contributed by atoms with E-state index in [-0.39, 0.29) is 5.91 Å². The van der Waals surface area contributed by atoms with Gasteiger partial charge in [0.25, 0.3) is 5.91 Å². The molecule has 1 fully saturated rings. The monoisotopic (exact) mass is 329 g/mol. The average Bonchev–Trinajstić information content (AvgIpc) is 3.00. The number of hydrogen-bond donors (Lipinski definition) is 1. The normalized spacial score (nSPS) is 16.0. The van der Waals surface area contributed by atoms with Gasteiger partial charge in [-0.1, -0.05) is 33.1 Å². The van der Waals surface area contributed by atoms with Crippen molar-refractivity contribution in [2.24, 2.45) is 0 Å². The van der Waals surface area contributed by atoms with Crippen LogP contribution in [0.3, 0.4) is 0 Å². The summed E-state index contributed by atoms with van der Waals surface area (Å²) in [5.41, 5.74) is 3.38. The molecule has 5 heteroatoms. The first-order valence-corrected chi connectivity index (χ1v) is 8.91. The highest BCUT2D eigenvalue weighted by atomic mass is 16.5. The summed E-state index contributed by atoms with van der Waals surface area (Å²) in [5, 5.41) is 3.19. The average molecular weight is 329 g/mol. The predicted octanol–water partition coefficient (Wildman–Crippen LogP) is 3.67. The highest BCUT2D eigenvalue weighted by Gasteiger charge is 2.20. The summed E-state index contributed by atoms with van der Waals surface area (Å²) in [7, 11) is 1.68. The van der Waals surface area contributed by atoms with E-state index in [1.54, 1.807) is 7.11 Å². The van der Waals surface area contributed by atoms with Gasteiger partial charge in [0.15, 0.2) is 0 Å². The lowest BCUT2D eigenvalue weighted by atomic mass is 9.95. The highest BCUT2D eigenvalue weighted by molar-refractivity contribution is 6.00. The van der Waals surface area contributed by atoms with Crippen LogP contribution in [-0.2, 0) is 11.3 Å². The van der Waals surface area contributed by atoms with Crippen LogP contribution in [0.4, 0.5) is 0 Å². The topological polar surface area (TPSA) is 55.6 Å². The number of nitrogens with zero attached hydrogens (tertiary/aromatic N) is 2. The molecule has 0 saturated heterocycles. The zero-order valence-corrected chi connectivity index (χ0v) is 14.8. The molecule has 1 aliphatic carbocycles. The van der Waals surface area contributed by atoms with E-state index in [0.29, 0.717) is 24.1 Å². The maximum absolute atomic E-state index is 12.7. The van der Waals surface area contributed by atoms with E-state index >= 15 is 0 Å². The molecule has 5 nitrogen and oxygen atoms in total. The smallest absolute Gasteiger partial charge is 0.255 e. The van der Waals surface area contributed by atoms with Crippen LogP contribution in [0.15, 0.2) is 18.3 Å². The van der Waals surface area contributed by atoms with Gasteiger partial charge < -0.3 is 14.5 Å². The Hall–Kier alpha value is -1.88. The summed E-state index contributed by atoms with van der Waals surface area (Å²) in [6, 6.07) is 4.22. The Bertz CT molecular complexity index is 715. The fraction of sp³-hybridized carbons (Fsp3) is 0.579. The Morgan fingerprint density at radius 3 is 2.79 bits per heavy atom. The van der Waals surface area contributed by atoms with E-state index in [0.717, 1.165) is 29.9 Å². The van der Waals surface area contributed by atoms with Crippen LogP contribution in [0, 0.1) is 0 Å². The van der Waals surface area contributed by atoms with Crippen molar-refractivity contribution in [1.29, 1.82) is 0 Å². The maximum atomic E-state index is 12.7. The minimum absolute atomic E-state index is 0.0128. The third-order valence-corrected chi connectivity index (χ3v) is 4.79. The minimum atomic E-state index is -0.0128. The first kappa shape index (κ1) is 17.0. The van der Waals surface area contributed by atoms with Crippen molar-refractivity contribution in [3.63, 3.8) is 0 Å². The predicted molar refractivity (Wildman–Crippen MR) is 94.3 cm³/mol. The fourth-order valence-corrected chi connectivity index (χ4v) is 3.41. The largest absolute Gasteiger partial charge is 0.378 e. The molecule has 1 N–H and O–H groups in total. The van der Waals surface area contributed by atoms with Crippen molar-refractivity contribution in [2.45, 2.75) is 64.5 Å². The molecule has 1 aliphatic rings. The van der Waals surface area contributed by atoms with Crippen molar-refractivity contribution in [2.75, 3.05) is 7.11 Å². The van der Waals surface area contributed by atoms with Crippen LogP contribution < -0.4 is 5.32 Å². The molecule has 3 rings (SSSR count). The number of nitrogens with one attached hydrogen (secondary N) is 1. The Morgan fingerprint density at radius 1 is 1.38 bits per heavy atom. The van der Waals surface area contributed by atoms with Gasteiger partial charge in [-0.2, -0.15) is 0 Å². The van der Waals surface area contributed by atoms with Gasteiger partial charge in [-0.25, -0.2) is 4.98 Å². The number of carbonyl (C=O) groups excluding carboxylic acids is 1. The van der Waals surface area contributed by atoms with Gasteiger partial charge in [0.2, 0.25) is 0 Å². The number of hydrogen-bond acceptors (Lipinski definition) is 3. The Morgan fingerprint density at radius 2 is 2.12 bits per heavy atom. The molecule has 2 aromatic rings. The number of methoxy groups -OCH3 is 1. The van der Waals surface area contributed by atoms with Gasteiger partial charge in [0.05, 0.1) is 17.9 Å². The first-order chi connectivity index (χ1) is 11.6. The van der Waals surface area contributed by atoms with Gasteiger partial charge in [0, 0.05) is 25.0 Å². The fourth-order valence-electron chi connectivity index (χ4n) is 3.41. The molecule has 2 heterocycles. The minimum Gasteiger partial charge on any atom is -0.378 e. The molecule has 0 unspecified atom stereocenters. The molecule has 0 aliphatic heterocycles. The van der Waals surface area contributed by atoms with Crippen LogP contribution in [0.25, 0.3) is 5.65 Å². The van der Waals surface area contributed by atoms with E-state index in [9.17, 15) is 4.79 Å². The third-order valence-electron chi connectivity index (χ3n) is 4.79. The molecular formula is C19H27N3O2. The molecule has 0 radical (unpaired) electrons. The standard InChI is InChI=1S/C19H27N3O2/c1-13(2)17-11-15(12-24-3)22-10-9-16(18(22)21-17)19(23)20-14-7-5-4-6-8-14/h9-11,13-14H,4-8,12H2,1-3H3,(H,20,23). The summed E-state index contributed by atoms with van der Waals surface area (Å²) in [6.07, 6.45) is 7.76. The van der Waals surface area contributed by atoms with Crippen LogP contribution in [-0.4, -0.2) is 28.4 Å². The zero-order valence-electron chi connectivity index (χ0n) is 14.8. The molecule has 0 bridgehead atoms. The van der Waals surface area contributed by atoms with Crippen molar-refractivity contribution in [3.8, 4) is 0 Å². The van der Waals surface area contributed by atoms with E-state index in [1.807, 2.05) is 16.7 Å². The SMILES string of the molecule is COCc1cc(C(C)C)nc2c(C(=O)NC3CCCCC3)ccn12. The van der Waals surface area contributed by atoms with E-state index in [1.165, 1.54) is 19.3 Å². The lowest BCUT2D eigenvalue weighted by molar-refractivity contribution is 0.0929. The number of amides is 1. The Labute approximate surface area is 143 Å². The molecule has 0 atom stereocenters. The third kappa shape index (κ3) is 3.46. The zero-order chi connectivity index (χ0) is 17.1. The van der Waals surface area contributed by atoms with E-state index in [2.05, 4.69) is 25.2 Å². The molecule has 130 valence electrons. The first-order valence-electron chi connectivity index (χ1n) is 8.91. The van der Waals surface area contributed by atoms with Crippen molar-refractivity contribution in [3.05, 3.63) is 35.3 Å². The number of fused-ring (bicyclic) bond motifs is 1. The van der Waals surface area contributed by atoms with Crippen molar-refractivity contribution >= 4 is 11.6 Å². The van der Waals surface area contributed by atoms with Gasteiger partial charge >= 0.3 is 0 Å². The lowest BCUT2D eigenvalue weighted by Crippen LogP contribution is -2.36. The van der Waals surface area contributed by atoms with Crippen LogP contribution in [0.2, 0.25) is 0 Å². The number of aromatic nitrogens is 2. The Balaban J connectivity index is 1.94. The second kappa shape index (κ2) is 7.34. The van der Waals surface area contributed by atoms with Crippen LogP contribution in [0.1, 0.15) is 73.6 Å². The number of rotatable bonds is 5. The van der Waals surface area contributed by atoms with Gasteiger partial charge in [-0.15, -0.1) is 0 Å². The molecular weight excluding hydrogens is 302 g/mol. The lowest BCUT2D eigenvalue weighted by Gasteiger charge is -2.22. The van der Waals surface area contributed by atoms with Gasteiger partial charge in [-0.3, -0.25) is 4.79 Å². The quantitative estimate of drug-likeness (QED) is 0.910. The second-order valence-electron chi connectivity index (χ2n) is 6.99. The molecule has 1 saturated carbocycles. The molecule has 0 aromatic carbocycles. The molecule has 24 heavy (non-hydrogen) atoms. The van der Waals surface area contributed by atoms with Crippen molar-refractivity contribution < 1.29 is 9.53 Å². The summed E-state index contributed by atoms with van der Waals surface area (Å²) in [6.45, 7) is 4.72. The summed E-state index contributed by atoms with van der Waals surface area (Å²) < 4.78 is 7.28. The number of carbonyl (C=O) groups is 1. The maximum Gasteiger partial charge on any atom is 0.255 e. The number of ether oxygens (including phenoxy) is 1. The van der Waals surface area contributed by atoms with E-state index in [4.69, 9.17) is 9.72 Å². The van der Waals surface area contributed by atoms with Gasteiger partial charge in [0.1, 0.15) is 5.65 Å².